The molecule has 1 unspecified atom stereocenters. The molecule has 106 valence electrons. The van der Waals surface area contributed by atoms with Crippen molar-refractivity contribution in [1.82, 2.24) is 5.32 Å². The third-order valence-corrected chi connectivity index (χ3v) is 3.53. The highest BCUT2D eigenvalue weighted by Crippen LogP contribution is 2.41. The maximum atomic E-state index is 12.1. The van der Waals surface area contributed by atoms with E-state index >= 15 is 0 Å². The quantitative estimate of drug-likeness (QED) is 0.757. The van der Waals surface area contributed by atoms with Crippen molar-refractivity contribution in [3.05, 3.63) is 35.4 Å². The number of benzene rings is 1. The SMILES string of the molecule is Cc1ccc(C(NCCCC(F)(F)F)C2CC2)cc1. The van der Waals surface area contributed by atoms with Crippen LogP contribution in [0.15, 0.2) is 24.3 Å². The molecular weight excluding hydrogens is 251 g/mol. The van der Waals surface area contributed by atoms with Crippen LogP contribution in [0.5, 0.6) is 0 Å². The average molecular weight is 271 g/mol. The normalized spacial score (nSPS) is 17.5. The smallest absolute Gasteiger partial charge is 0.310 e. The van der Waals surface area contributed by atoms with E-state index in [4.69, 9.17) is 0 Å². The van der Waals surface area contributed by atoms with E-state index in [1.165, 1.54) is 24.0 Å². The van der Waals surface area contributed by atoms with Crippen LogP contribution in [0.3, 0.4) is 0 Å². The molecule has 0 saturated heterocycles. The number of nitrogens with one attached hydrogen (secondary N) is 1. The first-order chi connectivity index (χ1) is 8.96. The van der Waals surface area contributed by atoms with Crippen molar-refractivity contribution in [3.63, 3.8) is 0 Å². The molecule has 1 aromatic carbocycles. The molecule has 1 aromatic rings. The van der Waals surface area contributed by atoms with Crippen LogP contribution in [0.1, 0.15) is 42.9 Å². The van der Waals surface area contributed by atoms with Gasteiger partial charge in [-0.05, 0) is 44.2 Å². The number of rotatable bonds is 6. The maximum Gasteiger partial charge on any atom is 0.389 e. The standard InChI is InChI=1S/C15H20F3N/c1-11-3-5-12(6-4-11)14(13-7-8-13)19-10-2-9-15(16,17)18/h3-6,13-14,19H,2,7-10H2,1H3. The molecular formula is C15H20F3N. The highest BCUT2D eigenvalue weighted by atomic mass is 19.4. The van der Waals surface area contributed by atoms with Crippen molar-refractivity contribution in [2.45, 2.75) is 44.8 Å². The van der Waals surface area contributed by atoms with E-state index in [0.29, 0.717) is 12.5 Å². The van der Waals surface area contributed by atoms with E-state index in [-0.39, 0.29) is 12.5 Å². The summed E-state index contributed by atoms with van der Waals surface area (Å²) in [5.41, 5.74) is 2.40. The lowest BCUT2D eigenvalue weighted by Crippen LogP contribution is -2.25. The zero-order chi connectivity index (χ0) is 13.9. The molecule has 1 fully saturated rings. The lowest BCUT2D eigenvalue weighted by molar-refractivity contribution is -0.135. The number of halogens is 3. The van der Waals surface area contributed by atoms with Gasteiger partial charge in [-0.2, -0.15) is 13.2 Å². The molecule has 19 heavy (non-hydrogen) atoms. The fraction of sp³-hybridized carbons (Fsp3) is 0.600. The highest BCUT2D eigenvalue weighted by molar-refractivity contribution is 5.25. The summed E-state index contributed by atoms with van der Waals surface area (Å²) in [6, 6.07) is 8.49. The third-order valence-electron chi connectivity index (χ3n) is 3.53. The van der Waals surface area contributed by atoms with Crippen molar-refractivity contribution < 1.29 is 13.2 Å². The average Bonchev–Trinajstić information content (AvgIpc) is 3.14. The van der Waals surface area contributed by atoms with Gasteiger partial charge in [0.25, 0.3) is 0 Å². The molecule has 0 spiro atoms. The van der Waals surface area contributed by atoms with Gasteiger partial charge in [0.2, 0.25) is 0 Å². The van der Waals surface area contributed by atoms with E-state index in [1.807, 2.05) is 6.92 Å². The first kappa shape index (κ1) is 14.4. The van der Waals surface area contributed by atoms with Gasteiger partial charge in [-0.25, -0.2) is 0 Å². The fourth-order valence-corrected chi connectivity index (χ4v) is 2.31. The van der Waals surface area contributed by atoms with Gasteiger partial charge < -0.3 is 5.32 Å². The molecule has 0 aromatic heterocycles. The summed E-state index contributed by atoms with van der Waals surface area (Å²) in [6.45, 7) is 2.46. The number of hydrogen-bond donors (Lipinski definition) is 1. The minimum atomic E-state index is -4.04. The first-order valence-electron chi connectivity index (χ1n) is 6.82. The number of hydrogen-bond acceptors (Lipinski definition) is 1. The summed E-state index contributed by atoms with van der Waals surface area (Å²) in [6.07, 6.45) is -2.25. The molecule has 0 bridgehead atoms. The number of alkyl halides is 3. The minimum Gasteiger partial charge on any atom is -0.310 e. The monoisotopic (exact) mass is 271 g/mol. The van der Waals surface area contributed by atoms with Crippen molar-refractivity contribution >= 4 is 0 Å². The Balaban J connectivity index is 1.85. The molecule has 1 aliphatic rings. The van der Waals surface area contributed by atoms with E-state index in [1.54, 1.807) is 0 Å². The Bertz CT molecular complexity index is 393. The van der Waals surface area contributed by atoms with Crippen LogP contribution in [0, 0.1) is 12.8 Å². The second kappa shape index (κ2) is 5.95. The molecule has 0 radical (unpaired) electrons. The van der Waals surface area contributed by atoms with Gasteiger partial charge in [0, 0.05) is 12.5 Å². The zero-order valence-electron chi connectivity index (χ0n) is 11.1. The summed E-state index contributed by atoms with van der Waals surface area (Å²) in [7, 11) is 0. The Labute approximate surface area is 112 Å². The molecule has 0 amide bonds. The van der Waals surface area contributed by atoms with Gasteiger partial charge in [-0.3, -0.25) is 0 Å². The summed E-state index contributed by atoms with van der Waals surface area (Å²) in [5, 5.41) is 3.29. The minimum absolute atomic E-state index is 0.151. The molecule has 1 aliphatic carbocycles. The summed E-state index contributed by atoms with van der Waals surface area (Å²) < 4.78 is 36.3. The van der Waals surface area contributed by atoms with Gasteiger partial charge in [-0.15, -0.1) is 0 Å². The molecule has 0 heterocycles. The van der Waals surface area contributed by atoms with Gasteiger partial charge in [-0.1, -0.05) is 29.8 Å². The van der Waals surface area contributed by atoms with E-state index < -0.39 is 12.6 Å². The molecule has 1 saturated carbocycles. The van der Waals surface area contributed by atoms with Crippen LogP contribution in [-0.2, 0) is 0 Å². The summed E-state index contributed by atoms with van der Waals surface area (Å²) >= 11 is 0. The zero-order valence-corrected chi connectivity index (χ0v) is 11.1. The van der Waals surface area contributed by atoms with Gasteiger partial charge in [0.05, 0.1) is 0 Å². The van der Waals surface area contributed by atoms with Crippen LogP contribution in [0.2, 0.25) is 0 Å². The third kappa shape index (κ3) is 4.86. The van der Waals surface area contributed by atoms with Crippen LogP contribution in [-0.4, -0.2) is 12.7 Å². The van der Waals surface area contributed by atoms with Crippen LogP contribution in [0.4, 0.5) is 13.2 Å². The molecule has 0 aliphatic heterocycles. The lowest BCUT2D eigenvalue weighted by atomic mass is 10.0. The predicted octanol–water partition coefficient (Wildman–Crippen LogP) is 4.38. The van der Waals surface area contributed by atoms with Crippen molar-refractivity contribution in [1.29, 1.82) is 0 Å². The second-order valence-corrected chi connectivity index (χ2v) is 5.40. The predicted molar refractivity (Wildman–Crippen MR) is 69.9 cm³/mol. The van der Waals surface area contributed by atoms with Crippen LogP contribution >= 0.6 is 0 Å². The first-order valence-corrected chi connectivity index (χ1v) is 6.82. The fourth-order valence-electron chi connectivity index (χ4n) is 2.31. The Morgan fingerprint density at radius 1 is 1.21 bits per heavy atom. The number of aryl methyl sites for hydroxylation is 1. The van der Waals surface area contributed by atoms with Gasteiger partial charge in [0.15, 0.2) is 0 Å². The molecule has 1 N–H and O–H groups in total. The van der Waals surface area contributed by atoms with Crippen molar-refractivity contribution in [2.75, 3.05) is 6.54 Å². The molecule has 2 rings (SSSR count). The Hall–Kier alpha value is -1.03. The highest BCUT2D eigenvalue weighted by Gasteiger charge is 2.32. The topological polar surface area (TPSA) is 12.0 Å². The van der Waals surface area contributed by atoms with E-state index in [9.17, 15) is 13.2 Å². The molecule has 1 atom stereocenters. The molecule has 1 nitrogen and oxygen atoms in total. The Morgan fingerprint density at radius 3 is 2.37 bits per heavy atom. The summed E-state index contributed by atoms with van der Waals surface area (Å²) in [4.78, 5) is 0. The second-order valence-electron chi connectivity index (χ2n) is 5.40. The van der Waals surface area contributed by atoms with Gasteiger partial charge >= 0.3 is 6.18 Å². The van der Waals surface area contributed by atoms with Crippen LogP contribution in [0.25, 0.3) is 0 Å². The lowest BCUT2D eigenvalue weighted by Gasteiger charge is -2.19. The summed E-state index contributed by atoms with van der Waals surface area (Å²) in [5.74, 6) is 0.591. The van der Waals surface area contributed by atoms with Gasteiger partial charge in [0.1, 0.15) is 0 Å². The largest absolute Gasteiger partial charge is 0.389 e. The van der Waals surface area contributed by atoms with Crippen molar-refractivity contribution in [2.24, 2.45) is 5.92 Å². The van der Waals surface area contributed by atoms with Crippen LogP contribution < -0.4 is 5.32 Å². The Kier molecular flexibility index (Phi) is 4.50. The van der Waals surface area contributed by atoms with E-state index in [2.05, 4.69) is 29.6 Å². The maximum absolute atomic E-state index is 12.1. The molecule has 4 heteroatoms. The Morgan fingerprint density at radius 2 is 1.84 bits per heavy atom. The van der Waals surface area contributed by atoms with E-state index in [0.717, 1.165) is 0 Å². The van der Waals surface area contributed by atoms with Crippen molar-refractivity contribution in [3.8, 4) is 0 Å².